The molecule has 3 aromatic carbocycles. The van der Waals surface area contributed by atoms with Gasteiger partial charge in [-0.15, -0.1) is 0 Å². The lowest BCUT2D eigenvalue weighted by molar-refractivity contribution is -0.119. The molecule has 0 aliphatic heterocycles. The smallest absolute Gasteiger partial charge is 0.264 e. The third-order valence-corrected chi connectivity index (χ3v) is 9.17. The molecule has 4 aromatic rings. The number of rotatable bonds is 9. The Kier molecular flexibility index (Phi) is 9.04. The molecule has 1 N–H and O–H groups in total. The average molecular weight is 638 g/mol. The van der Waals surface area contributed by atoms with E-state index in [1.807, 2.05) is 26.8 Å². The first-order chi connectivity index (χ1) is 19.4. The minimum absolute atomic E-state index is 0.0147. The van der Waals surface area contributed by atoms with Crippen LogP contribution in [0.1, 0.15) is 33.6 Å². The van der Waals surface area contributed by atoms with Crippen molar-refractivity contribution < 1.29 is 17.9 Å². The number of amides is 1. The van der Waals surface area contributed by atoms with Crippen LogP contribution in [-0.2, 0) is 14.8 Å². The Labute approximate surface area is 249 Å². The lowest BCUT2D eigenvalue weighted by Crippen LogP contribution is -2.39. The van der Waals surface area contributed by atoms with Crippen molar-refractivity contribution in [3.8, 4) is 11.4 Å². The Morgan fingerprint density at radius 3 is 2.29 bits per heavy atom. The van der Waals surface area contributed by atoms with Crippen molar-refractivity contribution in [2.24, 2.45) is 5.10 Å². The summed E-state index contributed by atoms with van der Waals surface area (Å²) in [7, 11) is -2.60. The van der Waals surface area contributed by atoms with Crippen LogP contribution in [0.15, 0.2) is 81.2 Å². The Bertz CT molecular complexity index is 1730. The summed E-state index contributed by atoms with van der Waals surface area (Å²) in [5, 5.41) is 4.16. The number of carbonyl (C=O) groups is 1. The van der Waals surface area contributed by atoms with Crippen molar-refractivity contribution in [1.29, 1.82) is 0 Å². The first-order valence-corrected chi connectivity index (χ1v) is 15.2. The van der Waals surface area contributed by atoms with Crippen molar-refractivity contribution >= 4 is 43.8 Å². The van der Waals surface area contributed by atoms with Gasteiger partial charge in [-0.05, 0) is 98.6 Å². The molecule has 0 radical (unpaired) electrons. The van der Waals surface area contributed by atoms with E-state index in [-0.39, 0.29) is 4.90 Å². The van der Waals surface area contributed by atoms with E-state index in [0.717, 1.165) is 38.1 Å². The number of aromatic nitrogens is 1. The summed E-state index contributed by atoms with van der Waals surface area (Å²) in [6.45, 7) is 9.59. The van der Waals surface area contributed by atoms with Gasteiger partial charge in [-0.1, -0.05) is 35.4 Å². The maximum atomic E-state index is 13.7. The Morgan fingerprint density at radius 1 is 0.976 bits per heavy atom. The van der Waals surface area contributed by atoms with Gasteiger partial charge >= 0.3 is 0 Å². The number of carbonyl (C=O) groups excluding carboxylic acids is 1. The standard InChI is InChI=1S/C31H33BrN4O4S/c1-20-7-10-26(11-8-20)35(41(38,39)27-12-14-30(40-6)28(32)17-27)19-31(37)34-33-18-25-16-23(4)36(24(25)5)29-13-9-21(2)15-22(29)3/h7-18H,19H2,1-6H3,(H,34,37)/b33-18+. The molecule has 1 heterocycles. The van der Waals surface area contributed by atoms with Crippen LogP contribution in [-0.4, -0.2) is 38.8 Å². The number of hydrogen-bond donors (Lipinski definition) is 1. The van der Waals surface area contributed by atoms with Crippen LogP contribution in [0.25, 0.3) is 5.69 Å². The Hall–Kier alpha value is -3.89. The van der Waals surface area contributed by atoms with Crippen molar-refractivity contribution in [2.75, 3.05) is 18.0 Å². The van der Waals surface area contributed by atoms with E-state index in [1.54, 1.807) is 36.5 Å². The highest BCUT2D eigenvalue weighted by atomic mass is 79.9. The predicted octanol–water partition coefficient (Wildman–Crippen LogP) is 6.14. The Balaban J connectivity index is 1.57. The quantitative estimate of drug-likeness (QED) is 0.176. The molecule has 0 atom stereocenters. The molecule has 0 aliphatic carbocycles. The van der Waals surface area contributed by atoms with Gasteiger partial charge in [-0.25, -0.2) is 13.8 Å². The summed E-state index contributed by atoms with van der Waals surface area (Å²) in [4.78, 5) is 13.0. The summed E-state index contributed by atoms with van der Waals surface area (Å²) in [5.41, 5.74) is 10.1. The number of halogens is 1. The minimum atomic E-state index is -4.10. The van der Waals surface area contributed by atoms with Gasteiger partial charge < -0.3 is 9.30 Å². The molecule has 0 saturated heterocycles. The number of nitrogens with one attached hydrogen (secondary N) is 1. The molecule has 10 heteroatoms. The van der Waals surface area contributed by atoms with Crippen LogP contribution in [0.2, 0.25) is 0 Å². The molecule has 1 aromatic heterocycles. The fraction of sp³-hybridized carbons (Fsp3) is 0.226. The topological polar surface area (TPSA) is 93.0 Å². The van der Waals surface area contributed by atoms with Crippen LogP contribution < -0.4 is 14.5 Å². The van der Waals surface area contributed by atoms with E-state index in [0.29, 0.717) is 15.9 Å². The summed E-state index contributed by atoms with van der Waals surface area (Å²) in [6, 6.07) is 19.7. The Morgan fingerprint density at radius 2 is 1.66 bits per heavy atom. The third-order valence-electron chi connectivity index (χ3n) is 6.78. The molecule has 0 aliphatic rings. The molecule has 41 heavy (non-hydrogen) atoms. The number of hydrogen-bond acceptors (Lipinski definition) is 5. The van der Waals surface area contributed by atoms with Crippen molar-refractivity contribution in [3.05, 3.63) is 105 Å². The van der Waals surface area contributed by atoms with E-state index in [9.17, 15) is 13.2 Å². The van der Waals surface area contributed by atoms with E-state index >= 15 is 0 Å². The zero-order valence-electron chi connectivity index (χ0n) is 23.9. The van der Waals surface area contributed by atoms with Gasteiger partial charge in [0, 0.05) is 22.6 Å². The zero-order valence-corrected chi connectivity index (χ0v) is 26.3. The van der Waals surface area contributed by atoms with Crippen LogP contribution in [0.3, 0.4) is 0 Å². The lowest BCUT2D eigenvalue weighted by atomic mass is 10.1. The maximum absolute atomic E-state index is 13.7. The van der Waals surface area contributed by atoms with Crippen molar-refractivity contribution in [2.45, 2.75) is 39.5 Å². The van der Waals surface area contributed by atoms with Gasteiger partial charge in [0.2, 0.25) is 0 Å². The number of nitrogens with zero attached hydrogens (tertiary/aromatic N) is 3. The fourth-order valence-electron chi connectivity index (χ4n) is 4.65. The van der Waals surface area contributed by atoms with Crippen LogP contribution >= 0.6 is 15.9 Å². The number of benzene rings is 3. The summed E-state index contributed by atoms with van der Waals surface area (Å²) < 4.78 is 36.4. The third kappa shape index (κ3) is 6.55. The second kappa shape index (κ2) is 12.3. The largest absolute Gasteiger partial charge is 0.496 e. The number of aryl methyl sites for hydroxylation is 4. The molecule has 1 amide bonds. The predicted molar refractivity (Wildman–Crippen MR) is 167 cm³/mol. The minimum Gasteiger partial charge on any atom is -0.496 e. The monoisotopic (exact) mass is 636 g/mol. The van der Waals surface area contributed by atoms with Gasteiger partial charge in [0.15, 0.2) is 0 Å². The van der Waals surface area contributed by atoms with Crippen LogP contribution in [0, 0.1) is 34.6 Å². The number of methoxy groups -OCH3 is 1. The van der Waals surface area contributed by atoms with Crippen LogP contribution in [0.4, 0.5) is 5.69 Å². The summed E-state index contributed by atoms with van der Waals surface area (Å²) >= 11 is 3.35. The highest BCUT2D eigenvalue weighted by Gasteiger charge is 2.28. The molecule has 0 unspecified atom stereocenters. The summed E-state index contributed by atoms with van der Waals surface area (Å²) in [6.07, 6.45) is 1.57. The molecule has 0 saturated carbocycles. The molecule has 0 spiro atoms. The molecular weight excluding hydrogens is 604 g/mol. The normalized spacial score (nSPS) is 11.6. The fourth-order valence-corrected chi connectivity index (χ4v) is 6.79. The number of sulfonamides is 1. The number of hydrazone groups is 1. The molecular formula is C31H33BrN4O4S. The first-order valence-electron chi connectivity index (χ1n) is 12.9. The van der Waals surface area contributed by atoms with E-state index < -0.39 is 22.5 Å². The molecule has 0 bridgehead atoms. The van der Waals surface area contributed by atoms with Gasteiger partial charge in [-0.3, -0.25) is 9.10 Å². The lowest BCUT2D eigenvalue weighted by Gasteiger charge is -2.24. The van der Waals surface area contributed by atoms with E-state index in [4.69, 9.17) is 4.74 Å². The average Bonchev–Trinajstić information content (AvgIpc) is 3.20. The number of anilines is 1. The maximum Gasteiger partial charge on any atom is 0.264 e. The van der Waals surface area contributed by atoms with Crippen molar-refractivity contribution in [1.82, 2.24) is 9.99 Å². The summed E-state index contributed by atoms with van der Waals surface area (Å²) in [5.74, 6) is -0.0871. The second-order valence-corrected chi connectivity index (χ2v) is 12.6. The van der Waals surface area contributed by atoms with E-state index in [1.165, 1.54) is 24.8 Å². The second-order valence-electron chi connectivity index (χ2n) is 9.89. The first kappa shape index (κ1) is 30.1. The molecule has 4 rings (SSSR count). The van der Waals surface area contributed by atoms with Gasteiger partial charge in [0.05, 0.1) is 28.4 Å². The zero-order chi connectivity index (χ0) is 29.9. The van der Waals surface area contributed by atoms with Gasteiger partial charge in [0.1, 0.15) is 12.3 Å². The van der Waals surface area contributed by atoms with Gasteiger partial charge in [-0.2, -0.15) is 5.10 Å². The SMILES string of the molecule is COc1ccc(S(=O)(=O)N(CC(=O)N/N=C/c2cc(C)n(-c3ccc(C)cc3C)c2C)c2ccc(C)cc2)cc1Br. The molecule has 8 nitrogen and oxygen atoms in total. The van der Waals surface area contributed by atoms with E-state index in [2.05, 4.69) is 63.1 Å². The molecule has 0 fully saturated rings. The van der Waals surface area contributed by atoms with Crippen molar-refractivity contribution in [3.63, 3.8) is 0 Å². The van der Waals surface area contributed by atoms with Crippen LogP contribution in [0.5, 0.6) is 5.75 Å². The molecule has 214 valence electrons. The van der Waals surface area contributed by atoms with Gasteiger partial charge in [0.25, 0.3) is 15.9 Å². The highest BCUT2D eigenvalue weighted by Crippen LogP contribution is 2.31. The highest BCUT2D eigenvalue weighted by molar-refractivity contribution is 9.10. The number of ether oxygens (including phenoxy) is 1.